The maximum atomic E-state index is 12.4. The molecule has 2 rings (SSSR count). The zero-order chi connectivity index (χ0) is 11.8. The fourth-order valence-electron chi connectivity index (χ4n) is 1.64. The molecule has 88 valence electrons. The first-order valence-corrected chi connectivity index (χ1v) is 6.76. The zero-order valence-corrected chi connectivity index (χ0v) is 10.6. The van der Waals surface area contributed by atoms with E-state index in [4.69, 9.17) is 0 Å². The average Bonchev–Trinajstić information content (AvgIpc) is 2.17. The Kier molecular flexibility index (Phi) is 3.07. The minimum Gasteiger partial charge on any atom is -0.385 e. The molecule has 1 aliphatic heterocycles. The van der Waals surface area contributed by atoms with E-state index in [9.17, 15) is 12.3 Å². The van der Waals surface area contributed by atoms with Gasteiger partial charge in [-0.25, -0.2) is 0 Å². The number of fused-ring (bicyclic) bond motifs is 1. The smallest absolute Gasteiger partial charge is 0.385 e. The van der Waals surface area contributed by atoms with E-state index in [0.717, 1.165) is 30.6 Å². The number of hydrogen-bond acceptors (Lipinski definition) is 4. The lowest BCUT2D eigenvalue weighted by Crippen LogP contribution is -2.12. The molecule has 0 spiro atoms. The SMILES string of the molecule is O=S(=O)(F)Oc1cc2c(cc1Br)CCCN2. The summed E-state index contributed by atoms with van der Waals surface area (Å²) in [5, 5.41) is 3.10. The minimum atomic E-state index is -4.98. The number of halogens is 2. The topological polar surface area (TPSA) is 55.4 Å². The maximum absolute atomic E-state index is 12.4. The lowest BCUT2D eigenvalue weighted by atomic mass is 10.0. The highest BCUT2D eigenvalue weighted by Gasteiger charge is 2.17. The van der Waals surface area contributed by atoms with Gasteiger partial charge in [-0.3, -0.25) is 0 Å². The molecule has 1 N–H and O–H groups in total. The minimum absolute atomic E-state index is 0.0457. The van der Waals surface area contributed by atoms with Gasteiger partial charge in [0.05, 0.1) is 4.47 Å². The van der Waals surface area contributed by atoms with Crippen LogP contribution in [0.25, 0.3) is 0 Å². The maximum Gasteiger partial charge on any atom is 0.488 e. The summed E-state index contributed by atoms with van der Waals surface area (Å²) in [7, 11) is -4.98. The van der Waals surface area contributed by atoms with E-state index in [1.165, 1.54) is 6.07 Å². The van der Waals surface area contributed by atoms with Crippen LogP contribution < -0.4 is 9.50 Å². The van der Waals surface area contributed by atoms with Crippen molar-refractivity contribution in [1.82, 2.24) is 0 Å². The fraction of sp³-hybridized carbons (Fsp3) is 0.333. The summed E-state index contributed by atoms with van der Waals surface area (Å²) in [5.41, 5.74) is 1.84. The van der Waals surface area contributed by atoms with E-state index in [1.54, 1.807) is 6.07 Å². The molecule has 16 heavy (non-hydrogen) atoms. The molecule has 0 unspecified atom stereocenters. The third-order valence-corrected chi connectivity index (χ3v) is 3.28. The van der Waals surface area contributed by atoms with Gasteiger partial charge >= 0.3 is 10.5 Å². The Morgan fingerprint density at radius 1 is 1.44 bits per heavy atom. The molecule has 0 fully saturated rings. The van der Waals surface area contributed by atoms with Crippen molar-refractivity contribution in [2.24, 2.45) is 0 Å². The molecule has 4 nitrogen and oxygen atoms in total. The van der Waals surface area contributed by atoms with Crippen molar-refractivity contribution in [2.75, 3.05) is 11.9 Å². The van der Waals surface area contributed by atoms with Crippen LogP contribution in [0.5, 0.6) is 5.75 Å². The summed E-state index contributed by atoms with van der Waals surface area (Å²) in [6.07, 6.45) is 1.92. The van der Waals surface area contributed by atoms with Crippen molar-refractivity contribution < 1.29 is 16.5 Å². The molecule has 0 aliphatic carbocycles. The highest BCUT2D eigenvalue weighted by atomic mass is 79.9. The first kappa shape index (κ1) is 11.7. The molecule has 0 saturated heterocycles. The highest BCUT2D eigenvalue weighted by molar-refractivity contribution is 9.10. The van der Waals surface area contributed by atoms with Crippen LogP contribution in [-0.4, -0.2) is 15.0 Å². The van der Waals surface area contributed by atoms with Crippen LogP contribution in [-0.2, 0) is 16.9 Å². The van der Waals surface area contributed by atoms with Crippen LogP contribution in [0.4, 0.5) is 9.57 Å². The zero-order valence-electron chi connectivity index (χ0n) is 8.16. The molecule has 7 heteroatoms. The van der Waals surface area contributed by atoms with Gasteiger partial charge in [0.1, 0.15) is 0 Å². The molecule has 1 aromatic carbocycles. The van der Waals surface area contributed by atoms with Gasteiger partial charge in [0, 0.05) is 18.3 Å². The first-order valence-electron chi connectivity index (χ1n) is 4.66. The van der Waals surface area contributed by atoms with E-state index < -0.39 is 10.5 Å². The molecule has 1 heterocycles. The van der Waals surface area contributed by atoms with E-state index in [2.05, 4.69) is 25.4 Å². The largest absolute Gasteiger partial charge is 0.488 e. The number of anilines is 1. The van der Waals surface area contributed by atoms with Crippen LogP contribution in [0.1, 0.15) is 12.0 Å². The van der Waals surface area contributed by atoms with Gasteiger partial charge in [0.2, 0.25) is 0 Å². The molecule has 0 atom stereocenters. The number of nitrogens with one attached hydrogen (secondary N) is 1. The Morgan fingerprint density at radius 3 is 2.88 bits per heavy atom. The second kappa shape index (κ2) is 4.21. The van der Waals surface area contributed by atoms with Crippen molar-refractivity contribution in [3.63, 3.8) is 0 Å². The van der Waals surface area contributed by atoms with E-state index in [-0.39, 0.29) is 5.75 Å². The van der Waals surface area contributed by atoms with Crippen molar-refractivity contribution in [2.45, 2.75) is 12.8 Å². The third-order valence-electron chi connectivity index (χ3n) is 2.29. The lowest BCUT2D eigenvalue weighted by Gasteiger charge is -2.19. The Hall–Kier alpha value is -0.820. The average molecular weight is 310 g/mol. The summed E-state index contributed by atoms with van der Waals surface area (Å²) in [6, 6.07) is 3.22. The van der Waals surface area contributed by atoms with Crippen molar-refractivity contribution in [1.29, 1.82) is 0 Å². The van der Waals surface area contributed by atoms with Gasteiger partial charge in [0.15, 0.2) is 5.75 Å². The Labute approximate surface area is 101 Å². The second-order valence-corrected chi connectivity index (χ2v) is 5.25. The molecule has 0 radical (unpaired) electrons. The van der Waals surface area contributed by atoms with Gasteiger partial charge in [-0.1, -0.05) is 3.89 Å². The van der Waals surface area contributed by atoms with Gasteiger partial charge in [-0.05, 0) is 40.4 Å². The van der Waals surface area contributed by atoms with Crippen LogP contribution in [0.15, 0.2) is 16.6 Å². The van der Waals surface area contributed by atoms with Crippen molar-refractivity contribution in [3.8, 4) is 5.75 Å². The molecule has 0 aromatic heterocycles. The standard InChI is InChI=1S/C9H9BrFNO3S/c10-7-4-6-2-1-3-12-8(6)5-9(7)15-16(11,13)14/h4-5,12H,1-3H2. The summed E-state index contributed by atoms with van der Waals surface area (Å²) in [4.78, 5) is 0. The van der Waals surface area contributed by atoms with Crippen molar-refractivity contribution in [3.05, 3.63) is 22.2 Å². The predicted molar refractivity (Wildman–Crippen MR) is 61.6 cm³/mol. The molecule has 1 aromatic rings. The Bertz CT molecular complexity index is 518. The molecule has 0 saturated carbocycles. The highest BCUT2D eigenvalue weighted by Crippen LogP contribution is 2.34. The number of rotatable bonds is 2. The Morgan fingerprint density at radius 2 is 2.19 bits per heavy atom. The summed E-state index contributed by atoms with van der Waals surface area (Å²) in [5.74, 6) is -0.0457. The predicted octanol–water partition coefficient (Wildman–Crippen LogP) is 2.40. The van der Waals surface area contributed by atoms with Crippen LogP contribution in [0.2, 0.25) is 0 Å². The van der Waals surface area contributed by atoms with Gasteiger partial charge < -0.3 is 9.50 Å². The van der Waals surface area contributed by atoms with Gasteiger partial charge in [-0.15, -0.1) is 0 Å². The van der Waals surface area contributed by atoms with Crippen LogP contribution in [0, 0.1) is 0 Å². The molecule has 0 amide bonds. The fourth-order valence-corrected chi connectivity index (χ4v) is 2.57. The summed E-state index contributed by atoms with van der Waals surface area (Å²) >= 11 is 3.14. The lowest BCUT2D eigenvalue weighted by molar-refractivity contribution is 0.439. The normalized spacial score (nSPS) is 15.1. The Balaban J connectivity index is 2.40. The van der Waals surface area contributed by atoms with E-state index >= 15 is 0 Å². The van der Waals surface area contributed by atoms with E-state index in [0.29, 0.717) is 4.47 Å². The molecule has 1 aliphatic rings. The van der Waals surface area contributed by atoms with E-state index in [1.807, 2.05) is 0 Å². The van der Waals surface area contributed by atoms with Crippen LogP contribution in [0.3, 0.4) is 0 Å². The monoisotopic (exact) mass is 309 g/mol. The molecule has 0 bridgehead atoms. The van der Waals surface area contributed by atoms with Crippen LogP contribution >= 0.6 is 15.9 Å². The summed E-state index contributed by atoms with van der Waals surface area (Å²) in [6.45, 7) is 0.816. The number of benzene rings is 1. The number of aryl methyl sites for hydroxylation is 1. The molecular weight excluding hydrogens is 301 g/mol. The second-order valence-electron chi connectivity index (χ2n) is 3.45. The van der Waals surface area contributed by atoms with Gasteiger partial charge in [0.25, 0.3) is 0 Å². The summed E-state index contributed by atoms with van der Waals surface area (Å²) < 4.78 is 37.8. The van der Waals surface area contributed by atoms with Gasteiger partial charge in [-0.2, -0.15) is 8.42 Å². The van der Waals surface area contributed by atoms with Crippen molar-refractivity contribution >= 4 is 32.1 Å². The number of hydrogen-bond donors (Lipinski definition) is 1. The molecular formula is C9H9BrFNO3S. The third kappa shape index (κ3) is 2.65. The first-order chi connectivity index (χ1) is 7.46. The quantitative estimate of drug-likeness (QED) is 0.852.